The molecule has 1 unspecified atom stereocenters. The smallest absolute Gasteiger partial charge is 0.187 e. The third-order valence-electron chi connectivity index (χ3n) is 21.4. The number of aliphatic hydroxyl groups excluding tert-OH is 16. The Hall–Kier alpha value is -1.00. The van der Waals surface area contributed by atoms with Crippen LogP contribution in [0, 0.1) is 45.3 Å². The molecule has 8 aliphatic rings. The summed E-state index contributed by atoms with van der Waals surface area (Å²) >= 11 is 0. The molecule has 0 aromatic carbocycles. The number of aliphatic hydroxyl groups is 17. The lowest BCUT2D eigenvalue weighted by molar-refractivity contribution is -0.378. The van der Waals surface area contributed by atoms with E-state index in [4.69, 9.17) is 37.9 Å². The van der Waals surface area contributed by atoms with E-state index in [0.717, 1.165) is 12.8 Å². The van der Waals surface area contributed by atoms with Crippen molar-refractivity contribution in [2.45, 2.75) is 266 Å². The molecule has 8 rings (SSSR count). The normalized spacial score (nSPS) is 52.4. The topological polar surface area (TPSA) is 418 Å². The maximum atomic E-state index is 12.9. The van der Waals surface area contributed by atoms with Gasteiger partial charge in [0, 0.05) is 0 Å². The van der Waals surface area contributed by atoms with Gasteiger partial charge in [-0.15, -0.1) is 0 Å². The molecule has 0 amide bonds. The molecular weight excluding hydrogens is 1050 g/mol. The molecular formula is C54H94O25. The molecule has 0 aromatic rings. The Morgan fingerprint density at radius 3 is 1.59 bits per heavy atom. The van der Waals surface area contributed by atoms with Gasteiger partial charge in [0.15, 0.2) is 25.2 Å². The van der Waals surface area contributed by atoms with Crippen LogP contribution in [0.1, 0.15) is 113 Å². The summed E-state index contributed by atoms with van der Waals surface area (Å²) < 4.78 is 48.7. The van der Waals surface area contributed by atoms with E-state index >= 15 is 0 Å². The van der Waals surface area contributed by atoms with Gasteiger partial charge in [-0.25, -0.2) is 0 Å². The van der Waals surface area contributed by atoms with E-state index in [-0.39, 0.29) is 35.5 Å². The quantitative estimate of drug-likeness (QED) is 0.0617. The van der Waals surface area contributed by atoms with Crippen LogP contribution < -0.4 is 0 Å². The van der Waals surface area contributed by atoms with E-state index in [2.05, 4.69) is 34.6 Å². The van der Waals surface area contributed by atoms with Gasteiger partial charge >= 0.3 is 0 Å². The van der Waals surface area contributed by atoms with E-state index in [0.29, 0.717) is 32.1 Å². The number of hydrogen-bond acceptors (Lipinski definition) is 25. The first-order valence-electron chi connectivity index (χ1n) is 28.4. The molecule has 79 heavy (non-hydrogen) atoms. The van der Waals surface area contributed by atoms with Gasteiger partial charge < -0.3 is 125 Å². The average Bonchev–Trinajstić information content (AvgIpc) is 2.56. The third-order valence-corrected chi connectivity index (χ3v) is 21.4. The fourth-order valence-electron chi connectivity index (χ4n) is 16.4. The van der Waals surface area contributed by atoms with Crippen LogP contribution in [0.25, 0.3) is 0 Å². The van der Waals surface area contributed by atoms with Gasteiger partial charge in [0.25, 0.3) is 0 Å². The van der Waals surface area contributed by atoms with E-state index in [1.54, 1.807) is 6.92 Å². The lowest BCUT2D eigenvalue weighted by Crippen LogP contribution is -2.68. The molecule has 0 aromatic heterocycles. The van der Waals surface area contributed by atoms with Crippen molar-refractivity contribution in [3.63, 3.8) is 0 Å². The second-order valence-corrected chi connectivity index (χ2v) is 26.6. The van der Waals surface area contributed by atoms with Gasteiger partial charge in [0.2, 0.25) is 0 Å². The average molecular weight is 1140 g/mol. The standard InChI is InChI=1S/C54H94O25/c1-49(2)28-10-15-52(6)29(51(28,5)13-12-31(49)77-48-44(40(67)35(62)26(20-57)75-48)78-46-42(69)38(65)34(61)25(19-56)74-46)17-23(58)32-22(9-14-53(32,52)7)54(8,16-11-30(59)50(3,4)71)79-47-43(70)39(66)36(63)27(76-47)21-72-45-41(68)37(64)33(60)24(18-55)73-45/h22-48,55-71H,9-21H2,1-8H3/t22-,23+,24+,25+,26+,27+,28-,29+,30?,31-,32-,33+,34+,35+,36+,37-,38-,39-,40-,41+,42+,43+,44+,45+,46-,47-,48-,51-,52+,53+,54-/m0/s1. The Morgan fingerprint density at radius 2 is 1.03 bits per heavy atom. The first-order chi connectivity index (χ1) is 36.8. The lowest BCUT2D eigenvalue weighted by Gasteiger charge is -2.71. The lowest BCUT2D eigenvalue weighted by atomic mass is 9.35. The molecule has 31 atom stereocenters. The largest absolute Gasteiger partial charge is 0.394 e. The Balaban J connectivity index is 1.02. The predicted octanol–water partition coefficient (Wildman–Crippen LogP) is -4.04. The highest BCUT2D eigenvalue weighted by Gasteiger charge is 2.72. The van der Waals surface area contributed by atoms with Crippen LogP contribution in [0.3, 0.4) is 0 Å². The summed E-state index contributed by atoms with van der Waals surface area (Å²) in [5, 5.41) is 184. The molecule has 0 spiro atoms. The monoisotopic (exact) mass is 1140 g/mol. The van der Waals surface area contributed by atoms with Crippen molar-refractivity contribution < 1.29 is 125 Å². The van der Waals surface area contributed by atoms with Crippen LogP contribution in [0.2, 0.25) is 0 Å². The highest BCUT2D eigenvalue weighted by atomic mass is 16.8. The number of ether oxygens (including phenoxy) is 8. The van der Waals surface area contributed by atoms with Gasteiger partial charge in [-0.3, -0.25) is 0 Å². The molecule has 17 N–H and O–H groups in total. The van der Waals surface area contributed by atoms with Crippen molar-refractivity contribution in [3.05, 3.63) is 0 Å². The van der Waals surface area contributed by atoms with Gasteiger partial charge in [-0.2, -0.15) is 0 Å². The van der Waals surface area contributed by atoms with Crippen molar-refractivity contribution in [3.8, 4) is 0 Å². The molecule has 0 bridgehead atoms. The number of rotatable bonds is 17. The second-order valence-electron chi connectivity index (χ2n) is 26.6. The predicted molar refractivity (Wildman–Crippen MR) is 269 cm³/mol. The summed E-state index contributed by atoms with van der Waals surface area (Å²) in [4.78, 5) is 0. The highest BCUT2D eigenvalue weighted by molar-refractivity contribution is 5.20. The SMILES string of the molecule is CC(C)(O)C(O)CC[C@](C)(O[C@@H]1O[C@H](CO[C@@H]2O[C@H](CO)[C@@H](O)[C@H](O)[C@H]2O)[C@@H](O)[C@H](O)[C@H]1O)[C@H]1CC[C@]2(C)[C@@H]1[C@H](O)C[C@@H]1[C@@]3(C)CC[C@H](O[C@@H]4O[C@H](CO)[C@@H](O)[C@H](O)[C@H]4O[C@@H]4O[C@H](CO)[C@@H](O)[C@H](O)[C@H]4O)C(C)(C)[C@@H]3CC[C@]12C. The van der Waals surface area contributed by atoms with Crippen molar-refractivity contribution >= 4 is 0 Å². The van der Waals surface area contributed by atoms with Crippen molar-refractivity contribution in [1.82, 2.24) is 0 Å². The number of hydrogen-bond donors (Lipinski definition) is 17. The molecule has 0 radical (unpaired) electrons. The highest BCUT2D eigenvalue weighted by Crippen LogP contribution is 2.76. The summed E-state index contributed by atoms with van der Waals surface area (Å²) in [6.45, 7) is 13.0. The third kappa shape index (κ3) is 11.3. The summed E-state index contributed by atoms with van der Waals surface area (Å²) in [6.07, 6.45) is -31.0. The Labute approximate surface area is 460 Å². The first kappa shape index (κ1) is 64.0. The zero-order valence-electron chi connectivity index (χ0n) is 46.6. The zero-order chi connectivity index (χ0) is 58.4. The second kappa shape index (κ2) is 23.7. The summed E-state index contributed by atoms with van der Waals surface area (Å²) in [5.74, 6) is -0.927. The summed E-state index contributed by atoms with van der Waals surface area (Å²) in [5.41, 5.74) is -4.77. The minimum absolute atomic E-state index is 0.0123. The zero-order valence-corrected chi connectivity index (χ0v) is 46.6. The maximum absolute atomic E-state index is 12.9. The molecule has 4 saturated heterocycles. The molecule has 4 aliphatic heterocycles. The van der Waals surface area contributed by atoms with Gasteiger partial charge in [0.1, 0.15) is 97.7 Å². The van der Waals surface area contributed by atoms with Crippen molar-refractivity contribution in [1.29, 1.82) is 0 Å². The van der Waals surface area contributed by atoms with Crippen molar-refractivity contribution in [2.75, 3.05) is 26.4 Å². The fraction of sp³-hybridized carbons (Fsp3) is 1.00. The fourth-order valence-corrected chi connectivity index (χ4v) is 16.4. The summed E-state index contributed by atoms with van der Waals surface area (Å²) in [7, 11) is 0. The van der Waals surface area contributed by atoms with Gasteiger partial charge in [0.05, 0.1) is 55.9 Å². The molecule has 4 saturated carbocycles. The maximum Gasteiger partial charge on any atom is 0.187 e. The molecule has 460 valence electrons. The Kier molecular flexibility index (Phi) is 19.2. The van der Waals surface area contributed by atoms with E-state index < -0.39 is 201 Å². The van der Waals surface area contributed by atoms with Crippen LogP contribution in [0.4, 0.5) is 0 Å². The molecule has 25 heteroatoms. The summed E-state index contributed by atoms with van der Waals surface area (Å²) in [6, 6.07) is 0. The Morgan fingerprint density at radius 1 is 0.532 bits per heavy atom. The van der Waals surface area contributed by atoms with Crippen molar-refractivity contribution in [2.24, 2.45) is 45.3 Å². The van der Waals surface area contributed by atoms with Gasteiger partial charge in [-0.05, 0) is 124 Å². The number of fused-ring (bicyclic) bond motifs is 5. The minimum Gasteiger partial charge on any atom is -0.394 e. The van der Waals surface area contributed by atoms with Crippen LogP contribution in [-0.2, 0) is 37.9 Å². The molecule has 8 fully saturated rings. The van der Waals surface area contributed by atoms with E-state index in [1.807, 2.05) is 0 Å². The van der Waals surface area contributed by atoms with E-state index in [1.165, 1.54) is 13.8 Å². The van der Waals surface area contributed by atoms with Crippen LogP contribution in [0.15, 0.2) is 0 Å². The minimum atomic E-state index is -1.85. The van der Waals surface area contributed by atoms with Crippen LogP contribution >= 0.6 is 0 Å². The molecule has 4 heterocycles. The Bertz CT molecular complexity index is 2020. The molecule has 25 nitrogen and oxygen atoms in total. The van der Waals surface area contributed by atoms with Crippen LogP contribution in [-0.4, -0.2) is 266 Å². The van der Waals surface area contributed by atoms with E-state index in [9.17, 15) is 86.8 Å². The van der Waals surface area contributed by atoms with Gasteiger partial charge in [-0.1, -0.05) is 34.6 Å². The van der Waals surface area contributed by atoms with Crippen LogP contribution in [0.5, 0.6) is 0 Å². The molecule has 4 aliphatic carbocycles. The first-order valence-corrected chi connectivity index (χ1v) is 28.4.